The summed E-state index contributed by atoms with van der Waals surface area (Å²) in [5.41, 5.74) is 2.74. The van der Waals surface area contributed by atoms with E-state index in [1.165, 1.54) is 0 Å². The van der Waals surface area contributed by atoms with E-state index < -0.39 is 5.97 Å². The largest absolute Gasteiger partial charge is 0.481 e. The van der Waals surface area contributed by atoms with Gasteiger partial charge in [-0.3, -0.25) is 4.79 Å². The van der Waals surface area contributed by atoms with Gasteiger partial charge in [-0.1, -0.05) is 22.0 Å². The van der Waals surface area contributed by atoms with E-state index in [1.54, 1.807) is 17.1 Å². The molecule has 17 heavy (non-hydrogen) atoms. The van der Waals surface area contributed by atoms with E-state index in [0.717, 1.165) is 15.7 Å². The summed E-state index contributed by atoms with van der Waals surface area (Å²) in [5, 5.41) is 12.8. The monoisotopic (exact) mass is 294 g/mol. The molecule has 0 unspecified atom stereocenters. The fourth-order valence-electron chi connectivity index (χ4n) is 1.49. The smallest absolute Gasteiger partial charge is 0.307 e. The summed E-state index contributed by atoms with van der Waals surface area (Å²) in [6.07, 6.45) is 3.29. The van der Waals surface area contributed by atoms with Crippen LogP contribution >= 0.6 is 15.9 Å². The lowest BCUT2D eigenvalue weighted by atomic mass is 10.2. The molecule has 0 saturated heterocycles. The first-order chi connectivity index (χ1) is 8.06. The van der Waals surface area contributed by atoms with Crippen LogP contribution in [-0.2, 0) is 11.2 Å². The molecule has 2 rings (SSSR count). The molecule has 0 radical (unpaired) electrons. The molecule has 0 bridgehead atoms. The molecule has 0 aliphatic heterocycles. The number of hydrogen-bond donors (Lipinski definition) is 1. The Labute approximate surface area is 107 Å². The third-order valence-electron chi connectivity index (χ3n) is 2.41. The number of halogens is 1. The first-order valence-corrected chi connectivity index (χ1v) is 5.87. The molecule has 0 aliphatic rings. The van der Waals surface area contributed by atoms with Crippen molar-refractivity contribution in [2.45, 2.75) is 13.3 Å². The Morgan fingerprint density at radius 3 is 2.94 bits per heavy atom. The Morgan fingerprint density at radius 2 is 2.29 bits per heavy atom. The SMILES string of the molecule is Cc1ccc(-n2cc(CC(=O)O)cn2)cc1Br. The summed E-state index contributed by atoms with van der Waals surface area (Å²) in [6, 6.07) is 5.88. The van der Waals surface area contributed by atoms with Crippen molar-refractivity contribution in [2.75, 3.05) is 0 Å². The predicted molar refractivity (Wildman–Crippen MR) is 67.3 cm³/mol. The number of rotatable bonds is 3. The lowest BCUT2D eigenvalue weighted by Crippen LogP contribution is -1.99. The molecule has 2 aromatic rings. The molecule has 0 saturated carbocycles. The predicted octanol–water partition coefficient (Wildman–Crippen LogP) is 2.57. The summed E-state index contributed by atoms with van der Waals surface area (Å²) < 4.78 is 2.67. The fraction of sp³-hybridized carbons (Fsp3) is 0.167. The van der Waals surface area contributed by atoms with Crippen molar-refractivity contribution in [3.63, 3.8) is 0 Å². The second-order valence-electron chi connectivity index (χ2n) is 3.80. The van der Waals surface area contributed by atoms with Crippen molar-refractivity contribution >= 4 is 21.9 Å². The molecular formula is C12H11BrN2O2. The van der Waals surface area contributed by atoms with Gasteiger partial charge in [0.2, 0.25) is 0 Å². The third kappa shape index (κ3) is 2.74. The Balaban J connectivity index is 2.30. The van der Waals surface area contributed by atoms with Crippen LogP contribution < -0.4 is 0 Å². The highest BCUT2D eigenvalue weighted by molar-refractivity contribution is 9.10. The first-order valence-electron chi connectivity index (χ1n) is 5.08. The Morgan fingerprint density at radius 1 is 1.53 bits per heavy atom. The van der Waals surface area contributed by atoms with E-state index in [1.807, 2.05) is 25.1 Å². The number of aryl methyl sites for hydroxylation is 1. The molecule has 88 valence electrons. The highest BCUT2D eigenvalue weighted by Gasteiger charge is 2.05. The van der Waals surface area contributed by atoms with Crippen molar-refractivity contribution in [1.82, 2.24) is 9.78 Å². The van der Waals surface area contributed by atoms with Crippen LogP contribution in [0.15, 0.2) is 35.1 Å². The van der Waals surface area contributed by atoms with Gasteiger partial charge in [0.1, 0.15) is 0 Å². The van der Waals surface area contributed by atoms with Crippen LogP contribution in [0.4, 0.5) is 0 Å². The van der Waals surface area contributed by atoms with Gasteiger partial charge in [0.25, 0.3) is 0 Å². The molecule has 1 heterocycles. The van der Waals surface area contributed by atoms with E-state index in [9.17, 15) is 4.79 Å². The molecule has 0 atom stereocenters. The molecule has 0 fully saturated rings. The van der Waals surface area contributed by atoms with Crippen LogP contribution in [0.3, 0.4) is 0 Å². The molecular weight excluding hydrogens is 284 g/mol. The summed E-state index contributed by atoms with van der Waals surface area (Å²) in [4.78, 5) is 10.6. The van der Waals surface area contributed by atoms with E-state index >= 15 is 0 Å². The standard InChI is InChI=1S/C12H11BrN2O2/c1-8-2-3-10(5-11(8)13)15-7-9(6-14-15)4-12(16)17/h2-3,5-7H,4H2,1H3,(H,16,17). The minimum Gasteiger partial charge on any atom is -0.481 e. The van der Waals surface area contributed by atoms with Crippen LogP contribution in [0.2, 0.25) is 0 Å². The number of aromatic nitrogens is 2. The summed E-state index contributed by atoms with van der Waals surface area (Å²) in [6.45, 7) is 2.01. The highest BCUT2D eigenvalue weighted by Crippen LogP contribution is 2.19. The average molecular weight is 295 g/mol. The number of carboxylic acids is 1. The van der Waals surface area contributed by atoms with Crippen LogP contribution in [0.25, 0.3) is 5.69 Å². The van der Waals surface area contributed by atoms with Gasteiger partial charge in [-0.05, 0) is 24.6 Å². The van der Waals surface area contributed by atoms with E-state index in [4.69, 9.17) is 5.11 Å². The second kappa shape index (κ2) is 4.71. The third-order valence-corrected chi connectivity index (χ3v) is 3.27. The maximum absolute atomic E-state index is 10.6. The fourth-order valence-corrected chi connectivity index (χ4v) is 1.86. The number of hydrogen-bond acceptors (Lipinski definition) is 2. The van der Waals surface area contributed by atoms with Crippen molar-refractivity contribution in [3.05, 3.63) is 46.2 Å². The van der Waals surface area contributed by atoms with Crippen molar-refractivity contribution < 1.29 is 9.90 Å². The van der Waals surface area contributed by atoms with Gasteiger partial charge in [-0.15, -0.1) is 0 Å². The van der Waals surface area contributed by atoms with E-state index in [0.29, 0.717) is 5.56 Å². The zero-order valence-electron chi connectivity index (χ0n) is 9.22. The molecule has 1 aromatic heterocycles. The number of nitrogens with zero attached hydrogens (tertiary/aromatic N) is 2. The van der Waals surface area contributed by atoms with Crippen molar-refractivity contribution in [3.8, 4) is 5.69 Å². The lowest BCUT2D eigenvalue weighted by molar-refractivity contribution is -0.136. The average Bonchev–Trinajstić information content (AvgIpc) is 2.69. The van der Waals surface area contributed by atoms with Gasteiger partial charge in [0.15, 0.2) is 0 Å². The molecule has 1 aromatic carbocycles. The second-order valence-corrected chi connectivity index (χ2v) is 4.65. The summed E-state index contributed by atoms with van der Waals surface area (Å²) >= 11 is 3.46. The van der Waals surface area contributed by atoms with E-state index in [2.05, 4.69) is 21.0 Å². The van der Waals surface area contributed by atoms with E-state index in [-0.39, 0.29) is 6.42 Å². The van der Waals surface area contributed by atoms with Gasteiger partial charge in [-0.2, -0.15) is 5.10 Å². The Bertz CT molecular complexity index is 563. The Hall–Kier alpha value is -1.62. The molecule has 0 amide bonds. The van der Waals surface area contributed by atoms with Crippen molar-refractivity contribution in [2.24, 2.45) is 0 Å². The minimum absolute atomic E-state index is 0.00691. The number of aliphatic carboxylic acids is 1. The first kappa shape index (κ1) is 11.9. The zero-order valence-corrected chi connectivity index (χ0v) is 10.8. The maximum Gasteiger partial charge on any atom is 0.307 e. The Kier molecular flexibility index (Phi) is 3.28. The van der Waals surface area contributed by atoms with Crippen LogP contribution in [0, 0.1) is 6.92 Å². The summed E-state index contributed by atoms with van der Waals surface area (Å²) in [7, 11) is 0. The van der Waals surface area contributed by atoms with Crippen LogP contribution in [-0.4, -0.2) is 20.9 Å². The number of carboxylic acid groups (broad SMARTS) is 1. The van der Waals surface area contributed by atoms with Gasteiger partial charge >= 0.3 is 5.97 Å². The van der Waals surface area contributed by atoms with Crippen molar-refractivity contribution in [1.29, 1.82) is 0 Å². The van der Waals surface area contributed by atoms with Gasteiger partial charge in [0.05, 0.1) is 18.3 Å². The lowest BCUT2D eigenvalue weighted by Gasteiger charge is -2.03. The van der Waals surface area contributed by atoms with Crippen LogP contribution in [0.5, 0.6) is 0 Å². The number of carbonyl (C=O) groups is 1. The quantitative estimate of drug-likeness (QED) is 0.947. The topological polar surface area (TPSA) is 55.1 Å². The molecule has 1 N–H and O–H groups in total. The molecule has 4 nitrogen and oxygen atoms in total. The number of benzene rings is 1. The molecule has 0 spiro atoms. The van der Waals surface area contributed by atoms with Gasteiger partial charge in [-0.25, -0.2) is 4.68 Å². The maximum atomic E-state index is 10.6. The normalized spacial score (nSPS) is 10.5. The molecule has 0 aliphatic carbocycles. The van der Waals surface area contributed by atoms with Gasteiger partial charge < -0.3 is 5.11 Å². The molecule has 5 heteroatoms. The highest BCUT2D eigenvalue weighted by atomic mass is 79.9. The van der Waals surface area contributed by atoms with Crippen LogP contribution in [0.1, 0.15) is 11.1 Å². The van der Waals surface area contributed by atoms with Gasteiger partial charge in [0, 0.05) is 16.2 Å². The minimum atomic E-state index is -0.852. The summed E-state index contributed by atoms with van der Waals surface area (Å²) in [5.74, 6) is -0.852. The zero-order chi connectivity index (χ0) is 12.4.